The molecule has 26 heavy (non-hydrogen) atoms. The van der Waals surface area contributed by atoms with Crippen molar-refractivity contribution in [3.8, 4) is 0 Å². The molecule has 6 nitrogen and oxygen atoms in total. The van der Waals surface area contributed by atoms with Gasteiger partial charge in [-0.15, -0.1) is 11.3 Å². The maximum atomic E-state index is 13.7. The maximum absolute atomic E-state index is 13.7. The fourth-order valence-electron chi connectivity index (χ4n) is 2.94. The smallest absolute Gasteiger partial charge is 0.349 e. The second kappa shape index (κ2) is 6.96. The number of hydrogen-bond acceptors (Lipinski definition) is 6. The molecule has 2 aromatic rings. The van der Waals surface area contributed by atoms with E-state index in [1.807, 2.05) is 0 Å². The van der Waals surface area contributed by atoms with Crippen molar-refractivity contribution in [2.75, 3.05) is 18.6 Å². The number of esters is 1. The van der Waals surface area contributed by atoms with Crippen LogP contribution in [0.1, 0.15) is 23.0 Å². The number of halogens is 1. The summed E-state index contributed by atoms with van der Waals surface area (Å²) in [7, 11) is -1.61. The van der Waals surface area contributed by atoms with Crippen molar-refractivity contribution in [1.29, 1.82) is 0 Å². The average Bonchev–Trinajstić information content (AvgIpc) is 3.17. The van der Waals surface area contributed by atoms with Crippen LogP contribution in [0.15, 0.2) is 24.3 Å². The minimum Gasteiger partial charge on any atom is -0.448 e. The first-order chi connectivity index (χ1) is 12.2. The van der Waals surface area contributed by atoms with E-state index in [2.05, 4.69) is 0 Å². The van der Waals surface area contributed by atoms with Crippen molar-refractivity contribution < 1.29 is 27.1 Å². The number of nitrogens with zero attached hydrogens (tertiary/aromatic N) is 1. The zero-order chi connectivity index (χ0) is 19.1. The Labute approximate surface area is 154 Å². The highest BCUT2D eigenvalue weighted by Gasteiger charge is 2.35. The Morgan fingerprint density at radius 1 is 1.38 bits per heavy atom. The first-order valence-electron chi connectivity index (χ1n) is 8.04. The monoisotopic (exact) mass is 399 g/mol. The standard InChI is InChI=1S/C17H18FNO5S2/c1-10(16(20)19(2)11-6-7-26(22,23)9-11)24-17(21)15-8-12-13(18)4-3-5-14(12)25-15/h3-5,8,10-11H,6-7,9H2,1-2H3. The molecule has 2 atom stereocenters. The van der Waals surface area contributed by atoms with Gasteiger partial charge < -0.3 is 9.64 Å². The van der Waals surface area contributed by atoms with E-state index in [0.717, 1.165) is 11.3 Å². The molecular weight excluding hydrogens is 381 g/mol. The number of rotatable bonds is 4. The molecule has 0 aliphatic carbocycles. The molecule has 0 saturated carbocycles. The van der Waals surface area contributed by atoms with Gasteiger partial charge in [0, 0.05) is 23.2 Å². The normalized spacial score (nSPS) is 20.0. The summed E-state index contributed by atoms with van der Waals surface area (Å²) in [4.78, 5) is 26.2. The van der Waals surface area contributed by atoms with Gasteiger partial charge in [0.15, 0.2) is 15.9 Å². The molecule has 1 aromatic carbocycles. The molecule has 1 fully saturated rings. The fourth-order valence-corrected chi connectivity index (χ4v) is 5.68. The van der Waals surface area contributed by atoms with Crippen LogP contribution in [0.5, 0.6) is 0 Å². The second-order valence-electron chi connectivity index (χ2n) is 6.32. The Bertz CT molecular complexity index is 969. The zero-order valence-corrected chi connectivity index (χ0v) is 15.9. The predicted molar refractivity (Wildman–Crippen MR) is 96.5 cm³/mol. The number of thiophene rings is 1. The van der Waals surface area contributed by atoms with Crippen LogP contribution in [-0.4, -0.2) is 55.9 Å². The number of sulfone groups is 1. The Morgan fingerprint density at radius 2 is 2.12 bits per heavy atom. The first kappa shape index (κ1) is 18.8. The van der Waals surface area contributed by atoms with Crippen molar-refractivity contribution in [1.82, 2.24) is 4.90 Å². The number of likely N-dealkylation sites (N-methyl/N-ethyl adjacent to an activating group) is 1. The third kappa shape index (κ3) is 3.73. The molecule has 3 rings (SSSR count). The predicted octanol–water partition coefficient (Wildman–Crippen LogP) is 2.23. The molecule has 2 heterocycles. The van der Waals surface area contributed by atoms with E-state index in [1.165, 1.54) is 31.0 Å². The van der Waals surface area contributed by atoms with Crippen molar-refractivity contribution in [2.24, 2.45) is 0 Å². The summed E-state index contributed by atoms with van der Waals surface area (Å²) in [5.41, 5.74) is 0. The Kier molecular flexibility index (Phi) is 5.03. The number of carbonyl (C=O) groups excluding carboxylic acids is 2. The van der Waals surface area contributed by atoms with E-state index in [9.17, 15) is 22.4 Å². The average molecular weight is 399 g/mol. The van der Waals surface area contributed by atoms with Crippen LogP contribution in [-0.2, 0) is 19.4 Å². The van der Waals surface area contributed by atoms with Gasteiger partial charge in [-0.3, -0.25) is 4.79 Å². The van der Waals surface area contributed by atoms with Crippen molar-refractivity contribution in [2.45, 2.75) is 25.5 Å². The number of ether oxygens (including phenoxy) is 1. The number of fused-ring (bicyclic) bond motifs is 1. The summed E-state index contributed by atoms with van der Waals surface area (Å²) in [5.74, 6) is -1.63. The van der Waals surface area contributed by atoms with Gasteiger partial charge in [-0.1, -0.05) is 6.07 Å². The third-order valence-electron chi connectivity index (χ3n) is 4.44. The largest absolute Gasteiger partial charge is 0.448 e. The van der Waals surface area contributed by atoms with Crippen LogP contribution >= 0.6 is 11.3 Å². The highest BCUT2D eigenvalue weighted by atomic mass is 32.2. The molecule has 1 aromatic heterocycles. The molecule has 140 valence electrons. The highest BCUT2D eigenvalue weighted by Crippen LogP contribution is 2.28. The number of amides is 1. The maximum Gasteiger partial charge on any atom is 0.349 e. The van der Waals surface area contributed by atoms with Crippen molar-refractivity contribution >= 4 is 43.1 Å². The van der Waals surface area contributed by atoms with Gasteiger partial charge in [0.1, 0.15) is 10.7 Å². The van der Waals surface area contributed by atoms with Gasteiger partial charge in [-0.25, -0.2) is 17.6 Å². The molecule has 0 N–H and O–H groups in total. The van der Waals surface area contributed by atoms with Crippen LogP contribution in [0.4, 0.5) is 4.39 Å². The van der Waals surface area contributed by atoms with Gasteiger partial charge in [-0.05, 0) is 31.5 Å². The van der Waals surface area contributed by atoms with E-state index in [1.54, 1.807) is 12.1 Å². The molecule has 0 bridgehead atoms. The van der Waals surface area contributed by atoms with Crippen LogP contribution in [0, 0.1) is 5.82 Å². The second-order valence-corrected chi connectivity index (χ2v) is 9.63. The number of carbonyl (C=O) groups is 2. The third-order valence-corrected chi connectivity index (χ3v) is 7.28. The van der Waals surface area contributed by atoms with Crippen molar-refractivity contribution in [3.05, 3.63) is 35.0 Å². The Morgan fingerprint density at radius 3 is 2.73 bits per heavy atom. The summed E-state index contributed by atoms with van der Waals surface area (Å²) in [6.07, 6.45) is -0.688. The minimum absolute atomic E-state index is 0.0524. The van der Waals surface area contributed by atoms with E-state index < -0.39 is 39.7 Å². The Hall–Kier alpha value is -2.00. The lowest BCUT2D eigenvalue weighted by Gasteiger charge is -2.26. The lowest BCUT2D eigenvalue weighted by Crippen LogP contribution is -2.44. The van der Waals surface area contributed by atoms with Crippen LogP contribution < -0.4 is 0 Å². The lowest BCUT2D eigenvalue weighted by atomic mass is 10.2. The summed E-state index contributed by atoms with van der Waals surface area (Å²) < 4.78 is 42.7. The van der Waals surface area contributed by atoms with Gasteiger partial charge >= 0.3 is 5.97 Å². The van der Waals surface area contributed by atoms with E-state index in [4.69, 9.17) is 4.74 Å². The Balaban J connectivity index is 1.68. The molecule has 0 radical (unpaired) electrons. The zero-order valence-electron chi connectivity index (χ0n) is 14.3. The SMILES string of the molecule is CC(OC(=O)c1cc2c(F)cccc2s1)C(=O)N(C)C1CCS(=O)(=O)C1. The van der Waals surface area contributed by atoms with Crippen LogP contribution in [0.25, 0.3) is 10.1 Å². The van der Waals surface area contributed by atoms with E-state index >= 15 is 0 Å². The number of benzene rings is 1. The van der Waals surface area contributed by atoms with Crippen LogP contribution in [0.3, 0.4) is 0 Å². The summed E-state index contributed by atoms with van der Waals surface area (Å²) in [6, 6.07) is 5.55. The fraction of sp³-hybridized carbons (Fsp3) is 0.412. The summed E-state index contributed by atoms with van der Waals surface area (Å²) in [5, 5.41) is 0.330. The van der Waals surface area contributed by atoms with Gasteiger partial charge in [0.25, 0.3) is 5.91 Å². The number of hydrogen-bond donors (Lipinski definition) is 0. The summed E-state index contributed by atoms with van der Waals surface area (Å²) in [6.45, 7) is 1.44. The first-order valence-corrected chi connectivity index (χ1v) is 10.7. The topological polar surface area (TPSA) is 80.8 Å². The van der Waals surface area contributed by atoms with Gasteiger partial charge in [0.05, 0.1) is 11.5 Å². The molecule has 1 saturated heterocycles. The quantitative estimate of drug-likeness (QED) is 0.737. The molecule has 9 heteroatoms. The van der Waals surface area contributed by atoms with E-state index in [-0.39, 0.29) is 16.4 Å². The molecule has 0 spiro atoms. The van der Waals surface area contributed by atoms with Crippen LogP contribution in [0.2, 0.25) is 0 Å². The lowest BCUT2D eigenvalue weighted by molar-refractivity contribution is -0.140. The van der Waals surface area contributed by atoms with Crippen molar-refractivity contribution in [3.63, 3.8) is 0 Å². The molecular formula is C17H18FNO5S2. The minimum atomic E-state index is -3.12. The van der Waals surface area contributed by atoms with Gasteiger partial charge in [-0.2, -0.15) is 0 Å². The molecule has 2 unspecified atom stereocenters. The highest BCUT2D eigenvalue weighted by molar-refractivity contribution is 7.91. The molecule has 1 amide bonds. The van der Waals surface area contributed by atoms with E-state index in [0.29, 0.717) is 16.5 Å². The molecule has 1 aliphatic heterocycles. The van der Waals surface area contributed by atoms with Gasteiger partial charge in [0.2, 0.25) is 0 Å². The molecule has 1 aliphatic rings. The summed E-state index contributed by atoms with van der Waals surface area (Å²) >= 11 is 1.09.